The lowest BCUT2D eigenvalue weighted by molar-refractivity contribution is -0.140. The zero-order valence-corrected chi connectivity index (χ0v) is 24.4. The van der Waals surface area contributed by atoms with E-state index in [4.69, 9.17) is 0 Å². The summed E-state index contributed by atoms with van der Waals surface area (Å²) in [5.41, 5.74) is 3.79. The van der Waals surface area contributed by atoms with E-state index in [1.807, 2.05) is 92.7 Å². The second-order valence-corrected chi connectivity index (χ2v) is 12.6. The molecule has 1 N–H and O–H groups in total. The Labute approximate surface area is 238 Å². The number of hydrogen-bond donors (Lipinski definition) is 1. The fourth-order valence-corrected chi connectivity index (χ4v) is 6.44. The van der Waals surface area contributed by atoms with Gasteiger partial charge in [-0.2, -0.15) is 0 Å². The summed E-state index contributed by atoms with van der Waals surface area (Å²) in [6, 6.07) is 23.9. The SMILES string of the molecule is Cc1cccc(C)c1N(CC(=O)N(Cc1ccccc1)[C@H](Cc1ccccc1)C(=O)NC1CCCC1)S(C)(=O)=O. The number of para-hydroxylation sites is 1. The van der Waals surface area contributed by atoms with Crippen molar-refractivity contribution in [2.45, 2.75) is 64.6 Å². The van der Waals surface area contributed by atoms with Gasteiger partial charge in [0.15, 0.2) is 0 Å². The average Bonchev–Trinajstić information content (AvgIpc) is 3.43. The van der Waals surface area contributed by atoms with Crippen molar-refractivity contribution in [2.75, 3.05) is 17.1 Å². The molecule has 1 saturated carbocycles. The van der Waals surface area contributed by atoms with Crippen molar-refractivity contribution >= 4 is 27.5 Å². The molecule has 0 heterocycles. The smallest absolute Gasteiger partial charge is 0.244 e. The average molecular weight is 562 g/mol. The van der Waals surface area contributed by atoms with E-state index in [9.17, 15) is 18.0 Å². The summed E-state index contributed by atoms with van der Waals surface area (Å²) in [6.07, 6.45) is 5.41. The highest BCUT2D eigenvalue weighted by Gasteiger charge is 2.34. The van der Waals surface area contributed by atoms with Crippen LogP contribution in [0.3, 0.4) is 0 Å². The topological polar surface area (TPSA) is 86.8 Å². The Morgan fingerprint density at radius 1 is 0.850 bits per heavy atom. The van der Waals surface area contributed by atoms with Crippen LogP contribution in [-0.4, -0.2) is 50.0 Å². The van der Waals surface area contributed by atoms with Gasteiger partial charge < -0.3 is 10.2 Å². The molecule has 0 aromatic heterocycles. The molecule has 1 atom stereocenters. The summed E-state index contributed by atoms with van der Waals surface area (Å²) in [6.45, 7) is 3.44. The zero-order valence-electron chi connectivity index (χ0n) is 23.5. The molecule has 0 radical (unpaired) electrons. The van der Waals surface area contributed by atoms with Gasteiger partial charge in [-0.3, -0.25) is 13.9 Å². The van der Waals surface area contributed by atoms with Gasteiger partial charge in [0, 0.05) is 19.0 Å². The van der Waals surface area contributed by atoms with E-state index in [0.29, 0.717) is 12.1 Å². The molecule has 0 aliphatic heterocycles. The molecule has 3 aromatic carbocycles. The van der Waals surface area contributed by atoms with Crippen LogP contribution in [0.4, 0.5) is 5.69 Å². The van der Waals surface area contributed by atoms with Gasteiger partial charge in [-0.1, -0.05) is 91.7 Å². The molecule has 4 rings (SSSR count). The molecular weight excluding hydrogens is 522 g/mol. The molecule has 2 amide bonds. The standard InChI is InChI=1S/C32H39N3O4S/c1-24-13-12-14-25(2)31(24)35(40(3,38)39)23-30(36)34(22-27-17-8-5-9-18-27)29(21-26-15-6-4-7-16-26)32(37)33-28-19-10-11-20-28/h4-9,12-18,28-29H,10-11,19-23H2,1-3H3,(H,33,37)/t29-/m1/s1. The third-order valence-corrected chi connectivity index (χ3v) is 8.65. The van der Waals surface area contributed by atoms with E-state index in [1.54, 1.807) is 4.90 Å². The highest BCUT2D eigenvalue weighted by atomic mass is 32.2. The van der Waals surface area contributed by atoms with Gasteiger partial charge in [-0.25, -0.2) is 8.42 Å². The Morgan fingerprint density at radius 2 is 1.40 bits per heavy atom. The first-order valence-corrected chi connectivity index (χ1v) is 15.7. The summed E-state index contributed by atoms with van der Waals surface area (Å²) in [5, 5.41) is 3.19. The maximum atomic E-state index is 14.2. The number of carbonyl (C=O) groups is 2. The van der Waals surface area contributed by atoms with Crippen LogP contribution >= 0.6 is 0 Å². The lowest BCUT2D eigenvalue weighted by Crippen LogP contribution is -2.54. The Kier molecular flexibility index (Phi) is 9.63. The second-order valence-electron chi connectivity index (χ2n) is 10.7. The number of rotatable bonds is 11. The molecule has 0 unspecified atom stereocenters. The number of benzene rings is 3. The molecule has 40 heavy (non-hydrogen) atoms. The lowest BCUT2D eigenvalue weighted by atomic mass is 10.0. The maximum absolute atomic E-state index is 14.2. The Hall–Kier alpha value is -3.65. The number of amides is 2. The molecule has 1 fully saturated rings. The largest absolute Gasteiger partial charge is 0.352 e. The predicted molar refractivity (Wildman–Crippen MR) is 159 cm³/mol. The van der Waals surface area contributed by atoms with Crippen LogP contribution in [0.1, 0.15) is 47.9 Å². The quantitative estimate of drug-likeness (QED) is 0.366. The molecule has 212 valence electrons. The van der Waals surface area contributed by atoms with Gasteiger partial charge in [0.25, 0.3) is 0 Å². The van der Waals surface area contributed by atoms with Crippen molar-refractivity contribution in [2.24, 2.45) is 0 Å². The van der Waals surface area contributed by atoms with Crippen LogP contribution in [0.15, 0.2) is 78.9 Å². The Balaban J connectivity index is 1.73. The van der Waals surface area contributed by atoms with Crippen molar-refractivity contribution < 1.29 is 18.0 Å². The monoisotopic (exact) mass is 561 g/mol. The minimum atomic E-state index is -3.80. The second kappa shape index (κ2) is 13.1. The summed E-state index contributed by atoms with van der Waals surface area (Å²) in [5.74, 6) is -0.641. The molecule has 0 spiro atoms. The molecule has 1 aliphatic rings. The van der Waals surface area contributed by atoms with Crippen molar-refractivity contribution in [1.82, 2.24) is 10.2 Å². The first kappa shape index (κ1) is 29.3. The Bertz CT molecular complexity index is 1380. The first-order valence-electron chi connectivity index (χ1n) is 13.8. The molecule has 0 bridgehead atoms. The number of nitrogens with zero attached hydrogens (tertiary/aromatic N) is 2. The van der Waals surface area contributed by atoms with Gasteiger partial charge in [0.2, 0.25) is 21.8 Å². The van der Waals surface area contributed by atoms with Crippen LogP contribution in [-0.2, 0) is 32.6 Å². The van der Waals surface area contributed by atoms with Crippen molar-refractivity contribution in [1.29, 1.82) is 0 Å². The molecule has 7 nitrogen and oxygen atoms in total. The normalized spacial score (nSPS) is 14.5. The van der Waals surface area contributed by atoms with E-state index >= 15 is 0 Å². The fraction of sp³-hybridized carbons (Fsp3) is 0.375. The fourth-order valence-electron chi connectivity index (χ4n) is 5.48. The van der Waals surface area contributed by atoms with Crippen LogP contribution in [0.25, 0.3) is 0 Å². The highest BCUT2D eigenvalue weighted by molar-refractivity contribution is 7.92. The molecule has 8 heteroatoms. The predicted octanol–water partition coefficient (Wildman–Crippen LogP) is 4.77. The van der Waals surface area contributed by atoms with Gasteiger partial charge in [0.05, 0.1) is 11.9 Å². The lowest BCUT2D eigenvalue weighted by Gasteiger charge is -2.34. The highest BCUT2D eigenvalue weighted by Crippen LogP contribution is 2.27. The summed E-state index contributed by atoms with van der Waals surface area (Å²) < 4.78 is 27.3. The van der Waals surface area contributed by atoms with Crippen LogP contribution in [0.5, 0.6) is 0 Å². The maximum Gasteiger partial charge on any atom is 0.244 e. The molecular formula is C32H39N3O4S. The van der Waals surface area contributed by atoms with Crippen molar-refractivity contribution in [3.05, 3.63) is 101 Å². The third kappa shape index (κ3) is 7.50. The van der Waals surface area contributed by atoms with Crippen molar-refractivity contribution in [3.63, 3.8) is 0 Å². The van der Waals surface area contributed by atoms with Gasteiger partial charge >= 0.3 is 0 Å². The first-order chi connectivity index (χ1) is 19.1. The van der Waals surface area contributed by atoms with Crippen molar-refractivity contribution in [3.8, 4) is 0 Å². The minimum absolute atomic E-state index is 0.0848. The molecule has 1 aliphatic carbocycles. The molecule has 3 aromatic rings. The number of hydrogen-bond acceptors (Lipinski definition) is 4. The van der Waals surface area contributed by atoms with Gasteiger partial charge in [0.1, 0.15) is 12.6 Å². The van der Waals surface area contributed by atoms with Gasteiger partial charge in [-0.15, -0.1) is 0 Å². The third-order valence-electron chi connectivity index (χ3n) is 7.54. The van der Waals surface area contributed by atoms with E-state index in [1.165, 1.54) is 4.31 Å². The summed E-state index contributed by atoms with van der Waals surface area (Å²) in [4.78, 5) is 29.6. The van der Waals surface area contributed by atoms with Crippen LogP contribution in [0, 0.1) is 13.8 Å². The van der Waals surface area contributed by atoms with E-state index in [2.05, 4.69) is 5.32 Å². The number of carbonyl (C=O) groups excluding carboxylic acids is 2. The molecule has 0 saturated heterocycles. The van der Waals surface area contributed by atoms with E-state index in [-0.39, 0.29) is 18.5 Å². The number of sulfonamides is 1. The number of nitrogens with one attached hydrogen (secondary N) is 1. The van der Waals surface area contributed by atoms with E-state index < -0.39 is 28.5 Å². The van der Waals surface area contributed by atoms with Gasteiger partial charge in [-0.05, 0) is 48.9 Å². The zero-order chi connectivity index (χ0) is 28.7. The van der Waals surface area contributed by atoms with Crippen LogP contribution < -0.4 is 9.62 Å². The van der Waals surface area contributed by atoms with Crippen LogP contribution in [0.2, 0.25) is 0 Å². The minimum Gasteiger partial charge on any atom is -0.352 e. The Morgan fingerprint density at radius 3 is 1.95 bits per heavy atom. The number of anilines is 1. The van der Waals surface area contributed by atoms with E-state index in [0.717, 1.165) is 54.2 Å². The number of aryl methyl sites for hydroxylation is 2. The summed E-state index contributed by atoms with van der Waals surface area (Å²) in [7, 11) is -3.80. The summed E-state index contributed by atoms with van der Waals surface area (Å²) >= 11 is 0.